The molecule has 0 atom stereocenters. The predicted octanol–water partition coefficient (Wildman–Crippen LogP) is 3.17. The highest BCUT2D eigenvalue weighted by Crippen LogP contribution is 2.26. The van der Waals surface area contributed by atoms with Crippen LogP contribution in [0.25, 0.3) is 10.9 Å². The van der Waals surface area contributed by atoms with Gasteiger partial charge in [0.25, 0.3) is 5.91 Å². The monoisotopic (exact) mass is 362 g/mol. The molecule has 3 aromatic rings. The fourth-order valence-electron chi connectivity index (χ4n) is 3.43. The zero-order valence-electron chi connectivity index (χ0n) is 15.3. The Morgan fingerprint density at radius 1 is 1.15 bits per heavy atom. The molecular formula is C21H22N4O2. The Kier molecular flexibility index (Phi) is 4.87. The molecule has 1 aromatic heterocycles. The molecule has 1 aliphatic heterocycles. The summed E-state index contributed by atoms with van der Waals surface area (Å²) in [6.07, 6.45) is 3.94. The second-order valence-electron chi connectivity index (χ2n) is 6.66. The molecule has 1 fully saturated rings. The molecule has 27 heavy (non-hydrogen) atoms. The van der Waals surface area contributed by atoms with Crippen LogP contribution in [0.1, 0.15) is 28.8 Å². The third-order valence-corrected chi connectivity index (χ3v) is 4.87. The fraction of sp³-hybridized carbons (Fsp3) is 0.286. The number of carbonyl (C=O) groups excluding carboxylic acids is 1. The van der Waals surface area contributed by atoms with Gasteiger partial charge in [-0.2, -0.15) is 0 Å². The molecule has 6 nitrogen and oxygen atoms in total. The van der Waals surface area contributed by atoms with Crippen molar-refractivity contribution in [2.24, 2.45) is 0 Å². The van der Waals surface area contributed by atoms with Gasteiger partial charge < -0.3 is 15.0 Å². The summed E-state index contributed by atoms with van der Waals surface area (Å²) >= 11 is 0. The van der Waals surface area contributed by atoms with Crippen LogP contribution in [0.5, 0.6) is 5.75 Å². The fourth-order valence-corrected chi connectivity index (χ4v) is 3.43. The Hall–Kier alpha value is -3.15. The second-order valence-corrected chi connectivity index (χ2v) is 6.66. The summed E-state index contributed by atoms with van der Waals surface area (Å²) in [5, 5.41) is 3.90. The standard InChI is InChI=1S/C21H22N4O2/c1-27-17-6-4-5-15(11-17)13-22-21(26)16-7-8-19-18(12-16)20(24-14-23-19)25-9-2-3-10-25/h4-8,11-12,14H,2-3,9-10,13H2,1H3,(H,22,26). The zero-order chi connectivity index (χ0) is 18.6. The molecule has 2 heterocycles. The smallest absolute Gasteiger partial charge is 0.251 e. The number of hydrogen-bond acceptors (Lipinski definition) is 5. The number of methoxy groups -OCH3 is 1. The minimum absolute atomic E-state index is 0.115. The van der Waals surface area contributed by atoms with E-state index < -0.39 is 0 Å². The highest BCUT2D eigenvalue weighted by Gasteiger charge is 2.17. The number of carbonyl (C=O) groups is 1. The van der Waals surface area contributed by atoms with Crippen molar-refractivity contribution in [2.45, 2.75) is 19.4 Å². The first-order valence-corrected chi connectivity index (χ1v) is 9.15. The third-order valence-electron chi connectivity index (χ3n) is 4.87. The van der Waals surface area contributed by atoms with E-state index in [1.807, 2.05) is 42.5 Å². The number of nitrogens with one attached hydrogen (secondary N) is 1. The molecule has 6 heteroatoms. The van der Waals surface area contributed by atoms with Gasteiger partial charge in [0.05, 0.1) is 12.6 Å². The van der Waals surface area contributed by atoms with Crippen LogP contribution in [0.15, 0.2) is 48.8 Å². The van der Waals surface area contributed by atoms with Crippen molar-refractivity contribution in [1.82, 2.24) is 15.3 Å². The van der Waals surface area contributed by atoms with Crippen LogP contribution in [0.3, 0.4) is 0 Å². The van der Waals surface area contributed by atoms with E-state index in [0.717, 1.165) is 41.1 Å². The van der Waals surface area contributed by atoms with Crippen LogP contribution in [-0.2, 0) is 6.54 Å². The SMILES string of the molecule is COc1cccc(CNC(=O)c2ccc3ncnc(N4CCCC4)c3c2)c1. The molecule has 138 valence electrons. The summed E-state index contributed by atoms with van der Waals surface area (Å²) in [7, 11) is 1.63. The van der Waals surface area contributed by atoms with E-state index in [0.29, 0.717) is 12.1 Å². The van der Waals surface area contributed by atoms with Gasteiger partial charge in [-0.1, -0.05) is 12.1 Å². The van der Waals surface area contributed by atoms with Crippen LogP contribution in [-0.4, -0.2) is 36.1 Å². The maximum absolute atomic E-state index is 12.7. The molecular weight excluding hydrogens is 340 g/mol. The van der Waals surface area contributed by atoms with Gasteiger partial charge in [0.15, 0.2) is 0 Å². The third kappa shape index (κ3) is 3.69. The van der Waals surface area contributed by atoms with Gasteiger partial charge in [-0.3, -0.25) is 4.79 Å². The first-order valence-electron chi connectivity index (χ1n) is 9.15. The first kappa shape index (κ1) is 17.3. The van der Waals surface area contributed by atoms with Crippen molar-refractivity contribution in [3.63, 3.8) is 0 Å². The highest BCUT2D eigenvalue weighted by atomic mass is 16.5. The van der Waals surface area contributed by atoms with Crippen molar-refractivity contribution < 1.29 is 9.53 Å². The molecule has 0 radical (unpaired) electrons. The van der Waals surface area contributed by atoms with E-state index >= 15 is 0 Å². The topological polar surface area (TPSA) is 67.3 Å². The van der Waals surface area contributed by atoms with E-state index in [1.54, 1.807) is 13.4 Å². The van der Waals surface area contributed by atoms with Crippen LogP contribution in [0, 0.1) is 0 Å². The molecule has 0 saturated carbocycles. The number of rotatable bonds is 5. The van der Waals surface area contributed by atoms with Crippen LogP contribution < -0.4 is 15.0 Å². The van der Waals surface area contributed by atoms with Gasteiger partial charge in [0, 0.05) is 30.6 Å². The van der Waals surface area contributed by atoms with Gasteiger partial charge in [-0.25, -0.2) is 9.97 Å². The van der Waals surface area contributed by atoms with Gasteiger partial charge >= 0.3 is 0 Å². The molecule has 1 saturated heterocycles. The molecule has 1 N–H and O–H groups in total. The molecule has 2 aromatic carbocycles. The summed E-state index contributed by atoms with van der Waals surface area (Å²) in [5.41, 5.74) is 2.46. The lowest BCUT2D eigenvalue weighted by atomic mass is 10.1. The number of ether oxygens (including phenoxy) is 1. The molecule has 1 amide bonds. The van der Waals surface area contributed by atoms with Gasteiger partial charge in [0.1, 0.15) is 17.9 Å². The first-order chi connectivity index (χ1) is 13.2. The molecule has 0 aliphatic carbocycles. The van der Waals surface area contributed by atoms with E-state index in [-0.39, 0.29) is 5.91 Å². The maximum atomic E-state index is 12.7. The Bertz CT molecular complexity index is 967. The van der Waals surface area contributed by atoms with Crippen molar-refractivity contribution in [3.8, 4) is 5.75 Å². The number of benzene rings is 2. The summed E-state index contributed by atoms with van der Waals surface area (Å²) in [6.45, 7) is 2.44. The minimum Gasteiger partial charge on any atom is -0.497 e. The minimum atomic E-state index is -0.115. The largest absolute Gasteiger partial charge is 0.497 e. The number of aromatic nitrogens is 2. The Morgan fingerprint density at radius 3 is 2.81 bits per heavy atom. The summed E-state index contributed by atoms with van der Waals surface area (Å²) in [6, 6.07) is 13.3. The van der Waals surface area contributed by atoms with Crippen molar-refractivity contribution in [1.29, 1.82) is 0 Å². The number of hydrogen-bond donors (Lipinski definition) is 1. The van der Waals surface area contributed by atoms with Gasteiger partial charge in [0.2, 0.25) is 0 Å². The lowest BCUT2D eigenvalue weighted by molar-refractivity contribution is 0.0951. The van der Waals surface area contributed by atoms with E-state index in [9.17, 15) is 4.79 Å². The number of anilines is 1. The number of nitrogens with zero attached hydrogens (tertiary/aromatic N) is 3. The number of fused-ring (bicyclic) bond motifs is 1. The Balaban J connectivity index is 1.55. The van der Waals surface area contributed by atoms with Crippen LogP contribution in [0.2, 0.25) is 0 Å². The number of amides is 1. The Morgan fingerprint density at radius 2 is 2.00 bits per heavy atom. The van der Waals surface area contributed by atoms with Gasteiger partial charge in [-0.05, 0) is 48.7 Å². The van der Waals surface area contributed by atoms with Crippen molar-refractivity contribution >= 4 is 22.6 Å². The van der Waals surface area contributed by atoms with Crippen molar-refractivity contribution in [2.75, 3.05) is 25.1 Å². The zero-order valence-corrected chi connectivity index (χ0v) is 15.3. The van der Waals surface area contributed by atoms with Gasteiger partial charge in [-0.15, -0.1) is 0 Å². The lowest BCUT2D eigenvalue weighted by Crippen LogP contribution is -2.23. The quantitative estimate of drug-likeness (QED) is 0.755. The van der Waals surface area contributed by atoms with E-state index in [2.05, 4.69) is 20.2 Å². The van der Waals surface area contributed by atoms with E-state index in [1.165, 1.54) is 12.8 Å². The van der Waals surface area contributed by atoms with Crippen LogP contribution >= 0.6 is 0 Å². The van der Waals surface area contributed by atoms with Crippen LogP contribution in [0.4, 0.5) is 5.82 Å². The summed E-state index contributed by atoms with van der Waals surface area (Å²) in [5.74, 6) is 1.58. The summed E-state index contributed by atoms with van der Waals surface area (Å²) in [4.78, 5) is 23.7. The molecule has 1 aliphatic rings. The molecule has 0 bridgehead atoms. The van der Waals surface area contributed by atoms with Crippen molar-refractivity contribution in [3.05, 3.63) is 59.9 Å². The molecule has 0 unspecified atom stereocenters. The molecule has 4 rings (SSSR count). The lowest BCUT2D eigenvalue weighted by Gasteiger charge is -2.18. The average molecular weight is 362 g/mol. The normalized spacial score (nSPS) is 13.7. The maximum Gasteiger partial charge on any atom is 0.251 e. The predicted molar refractivity (Wildman–Crippen MR) is 105 cm³/mol. The molecule has 0 spiro atoms. The average Bonchev–Trinajstić information content (AvgIpc) is 3.26. The highest BCUT2D eigenvalue weighted by molar-refractivity contribution is 6.00. The second kappa shape index (κ2) is 7.61. The summed E-state index contributed by atoms with van der Waals surface area (Å²) < 4.78 is 5.23. The van der Waals surface area contributed by atoms with E-state index in [4.69, 9.17) is 4.74 Å². The Labute approximate surface area is 158 Å².